The van der Waals surface area contributed by atoms with Crippen molar-refractivity contribution < 1.29 is 5.21 Å². The maximum Gasteiger partial charge on any atom is 0.334 e. The molecule has 20 heavy (non-hydrogen) atoms. The van der Waals surface area contributed by atoms with Crippen LogP contribution >= 0.6 is 0 Å². The molecule has 0 atom stereocenters. The van der Waals surface area contributed by atoms with E-state index in [0.29, 0.717) is 11.3 Å². The zero-order chi connectivity index (χ0) is 14.7. The van der Waals surface area contributed by atoms with Crippen molar-refractivity contribution >= 4 is 5.84 Å². The minimum atomic E-state index is -0.637. The zero-order valence-corrected chi connectivity index (χ0v) is 11.3. The maximum absolute atomic E-state index is 11.9. The topological polar surface area (TPSA) is 87.4 Å². The summed E-state index contributed by atoms with van der Waals surface area (Å²) in [5, 5.41) is 12.4. The monoisotopic (exact) mass is 273 g/mol. The molecule has 1 aromatic heterocycles. The summed E-state index contributed by atoms with van der Waals surface area (Å²) in [5.41, 5.74) is 0.995. The summed E-state index contributed by atoms with van der Waals surface area (Å²) in [6.07, 6.45) is 0.892. The first-order chi connectivity index (χ1) is 9.56. The van der Waals surface area contributed by atoms with Crippen LogP contribution in [0.15, 0.2) is 45.1 Å². The Hall–Kier alpha value is -2.63. The molecule has 0 bridgehead atoms. The lowest BCUT2D eigenvalue weighted by molar-refractivity contribution is 0.317. The number of aromatic amines is 1. The average molecular weight is 273 g/mol. The first kappa shape index (κ1) is 13.8. The molecule has 2 rings (SSSR count). The van der Waals surface area contributed by atoms with Gasteiger partial charge < -0.3 is 5.21 Å². The van der Waals surface area contributed by atoms with Gasteiger partial charge in [-0.3, -0.25) is 9.78 Å². The van der Waals surface area contributed by atoms with E-state index in [9.17, 15) is 14.8 Å². The second-order valence-corrected chi connectivity index (χ2v) is 4.39. The molecular weight excluding hydrogens is 258 g/mol. The van der Waals surface area contributed by atoms with Gasteiger partial charge in [-0.05, 0) is 18.9 Å². The first-order valence-electron chi connectivity index (χ1n) is 6.21. The molecule has 0 amide bonds. The van der Waals surface area contributed by atoms with Gasteiger partial charge in [0.25, 0.3) is 5.56 Å². The van der Waals surface area contributed by atoms with E-state index in [4.69, 9.17) is 0 Å². The van der Waals surface area contributed by atoms with E-state index in [1.807, 2.05) is 19.1 Å². The number of rotatable bonds is 2. The van der Waals surface area contributed by atoms with E-state index in [2.05, 4.69) is 10.1 Å². The van der Waals surface area contributed by atoms with Gasteiger partial charge in [-0.2, -0.15) is 0 Å². The first-order valence-corrected chi connectivity index (χ1v) is 6.21. The fourth-order valence-electron chi connectivity index (χ4n) is 2.00. The van der Waals surface area contributed by atoms with Gasteiger partial charge >= 0.3 is 5.69 Å². The van der Waals surface area contributed by atoms with Gasteiger partial charge in [0.1, 0.15) is 0 Å². The molecule has 0 saturated carbocycles. The van der Waals surface area contributed by atoms with Gasteiger partial charge in [0.05, 0.1) is 0 Å². The molecular formula is C14H15N3O3. The Morgan fingerprint density at radius 3 is 2.45 bits per heavy atom. The molecule has 1 aromatic carbocycles. The van der Waals surface area contributed by atoms with Gasteiger partial charge in [-0.25, -0.2) is 9.36 Å². The number of aromatic nitrogens is 2. The van der Waals surface area contributed by atoms with Crippen molar-refractivity contribution in [2.45, 2.75) is 20.3 Å². The fraction of sp³-hybridized carbons (Fsp3) is 0.214. The lowest BCUT2D eigenvalue weighted by atomic mass is 10.1. The van der Waals surface area contributed by atoms with Crippen LogP contribution in [0.2, 0.25) is 0 Å². The van der Waals surface area contributed by atoms with Crippen LogP contribution in [0.25, 0.3) is 0 Å². The highest BCUT2D eigenvalue weighted by Gasteiger charge is 2.12. The molecule has 0 saturated heterocycles. The summed E-state index contributed by atoms with van der Waals surface area (Å²) in [4.78, 5) is 25.2. The van der Waals surface area contributed by atoms with Crippen LogP contribution in [0.5, 0.6) is 0 Å². The number of benzene rings is 1. The number of hydrogen-bond donors (Lipinski definition) is 2. The van der Waals surface area contributed by atoms with Gasteiger partial charge in [0, 0.05) is 17.3 Å². The number of oxime groups is 1. The van der Waals surface area contributed by atoms with Gasteiger partial charge in [0.2, 0.25) is 0 Å². The Morgan fingerprint density at radius 2 is 1.95 bits per heavy atom. The minimum absolute atomic E-state index is 0.0754. The van der Waals surface area contributed by atoms with Crippen LogP contribution in [0.1, 0.15) is 23.7 Å². The van der Waals surface area contributed by atoms with Crippen LogP contribution < -0.4 is 11.2 Å². The van der Waals surface area contributed by atoms with Crippen molar-refractivity contribution in [3.05, 3.63) is 68.0 Å². The predicted octanol–water partition coefficient (Wildman–Crippen LogP) is 1.09. The Balaban J connectivity index is 2.59. The molecule has 0 spiro atoms. The third-order valence-corrected chi connectivity index (χ3v) is 3.05. The SMILES string of the molecule is CCc1ccc(/C(=N/O)n2c(C)cc(=O)[nH]c2=O)cc1. The highest BCUT2D eigenvalue weighted by Crippen LogP contribution is 2.08. The number of nitrogens with zero attached hydrogens (tertiary/aromatic N) is 2. The molecule has 1 heterocycles. The van der Waals surface area contributed by atoms with Crippen LogP contribution in [-0.2, 0) is 6.42 Å². The number of nitrogens with one attached hydrogen (secondary N) is 1. The van der Waals surface area contributed by atoms with Crippen LogP contribution in [0, 0.1) is 6.92 Å². The average Bonchev–Trinajstić information content (AvgIpc) is 2.43. The van der Waals surface area contributed by atoms with Gasteiger partial charge in [0.15, 0.2) is 5.84 Å². The summed E-state index contributed by atoms with van der Waals surface area (Å²) >= 11 is 0. The largest absolute Gasteiger partial charge is 0.409 e. The van der Waals surface area contributed by atoms with Crippen LogP contribution in [0.4, 0.5) is 0 Å². The van der Waals surface area contributed by atoms with Crippen LogP contribution in [0.3, 0.4) is 0 Å². The second kappa shape index (κ2) is 5.56. The number of hydrogen-bond acceptors (Lipinski definition) is 4. The molecule has 2 N–H and O–H groups in total. The van der Waals surface area contributed by atoms with Crippen molar-refractivity contribution in [2.75, 3.05) is 0 Å². The fourth-order valence-corrected chi connectivity index (χ4v) is 2.00. The molecule has 2 aromatic rings. The summed E-state index contributed by atoms with van der Waals surface area (Å²) in [6, 6.07) is 8.60. The third kappa shape index (κ3) is 2.54. The zero-order valence-electron chi connectivity index (χ0n) is 11.3. The highest BCUT2D eigenvalue weighted by atomic mass is 16.4. The van der Waals surface area contributed by atoms with E-state index in [1.165, 1.54) is 6.07 Å². The predicted molar refractivity (Wildman–Crippen MR) is 75.6 cm³/mol. The molecule has 6 nitrogen and oxygen atoms in total. The number of H-pyrrole nitrogens is 1. The van der Waals surface area contributed by atoms with Gasteiger partial charge in [-0.15, -0.1) is 0 Å². The van der Waals surface area contributed by atoms with Crippen molar-refractivity contribution in [1.82, 2.24) is 9.55 Å². The smallest absolute Gasteiger partial charge is 0.334 e. The normalized spacial score (nSPS) is 11.6. The summed E-state index contributed by atoms with van der Waals surface area (Å²) in [6.45, 7) is 3.63. The molecule has 0 aliphatic heterocycles. The Labute approximate surface area is 115 Å². The number of aryl methyl sites for hydroxylation is 2. The van der Waals surface area contributed by atoms with E-state index in [1.54, 1.807) is 19.1 Å². The van der Waals surface area contributed by atoms with E-state index in [0.717, 1.165) is 16.6 Å². The van der Waals surface area contributed by atoms with E-state index < -0.39 is 11.2 Å². The molecule has 0 unspecified atom stereocenters. The maximum atomic E-state index is 11.9. The summed E-state index contributed by atoms with van der Waals surface area (Å²) < 4.78 is 1.16. The lowest BCUT2D eigenvalue weighted by Gasteiger charge is -2.10. The lowest BCUT2D eigenvalue weighted by Crippen LogP contribution is -2.36. The summed E-state index contributed by atoms with van der Waals surface area (Å²) in [7, 11) is 0. The third-order valence-electron chi connectivity index (χ3n) is 3.05. The van der Waals surface area contributed by atoms with Gasteiger partial charge in [-0.1, -0.05) is 36.3 Å². The molecule has 0 fully saturated rings. The molecule has 0 radical (unpaired) electrons. The van der Waals surface area contributed by atoms with Crippen molar-refractivity contribution in [1.29, 1.82) is 0 Å². The Kier molecular flexibility index (Phi) is 3.84. The van der Waals surface area contributed by atoms with Crippen molar-refractivity contribution in [3.8, 4) is 0 Å². The van der Waals surface area contributed by atoms with Crippen LogP contribution in [-0.4, -0.2) is 20.6 Å². The molecule has 0 aliphatic carbocycles. The van der Waals surface area contributed by atoms with Crippen molar-refractivity contribution in [3.63, 3.8) is 0 Å². The molecule has 0 aliphatic rings. The molecule has 6 heteroatoms. The van der Waals surface area contributed by atoms with Crippen molar-refractivity contribution in [2.24, 2.45) is 5.16 Å². The standard InChI is InChI=1S/C14H15N3O3/c1-3-10-4-6-11(7-5-10)13(16-20)17-9(2)8-12(18)15-14(17)19/h4-8,20H,3H2,1-2H3,(H,15,18,19)/b16-13-. The second-order valence-electron chi connectivity index (χ2n) is 4.39. The Morgan fingerprint density at radius 1 is 1.30 bits per heavy atom. The minimum Gasteiger partial charge on any atom is -0.409 e. The van der Waals surface area contributed by atoms with E-state index in [-0.39, 0.29) is 5.84 Å². The highest BCUT2D eigenvalue weighted by molar-refractivity contribution is 6.00. The molecule has 104 valence electrons. The van der Waals surface area contributed by atoms with E-state index >= 15 is 0 Å². The quantitative estimate of drug-likeness (QED) is 0.371. The summed E-state index contributed by atoms with van der Waals surface area (Å²) in [5.74, 6) is 0.0754. The Bertz CT molecular complexity index is 754.